The van der Waals surface area contributed by atoms with E-state index in [0.717, 1.165) is 19.1 Å². The van der Waals surface area contributed by atoms with Crippen molar-refractivity contribution in [2.24, 2.45) is 0 Å². The second-order valence-corrected chi connectivity index (χ2v) is 3.28. The molecule has 1 aromatic carbocycles. The summed E-state index contributed by atoms with van der Waals surface area (Å²) in [6.45, 7) is 1.08. The number of Topliss-reactive ketones (excluding diaryl/α,β-unsaturated/α-hetero) is 1. The highest BCUT2D eigenvalue weighted by atomic mass is 19.1. The highest BCUT2D eigenvalue weighted by Crippen LogP contribution is 2.24. The van der Waals surface area contributed by atoms with E-state index in [4.69, 9.17) is 10.8 Å². The van der Waals surface area contributed by atoms with Crippen molar-refractivity contribution in [3.05, 3.63) is 34.9 Å². The van der Waals surface area contributed by atoms with Gasteiger partial charge in [0.1, 0.15) is 11.6 Å². The average molecular weight is 241 g/mol. The molecule has 6 heteroatoms. The summed E-state index contributed by atoms with van der Waals surface area (Å²) in [6, 6.07) is 0.779. The molecule has 90 valence electrons. The van der Waals surface area contributed by atoms with Gasteiger partial charge in [-0.2, -0.15) is 0 Å². The van der Waals surface area contributed by atoms with Crippen molar-refractivity contribution >= 4 is 23.5 Å². The van der Waals surface area contributed by atoms with Crippen molar-refractivity contribution in [2.45, 2.75) is 6.92 Å². The lowest BCUT2D eigenvalue weighted by atomic mass is 10.0. The van der Waals surface area contributed by atoms with E-state index >= 15 is 0 Å². The molecule has 0 amide bonds. The van der Waals surface area contributed by atoms with Crippen LogP contribution in [-0.4, -0.2) is 16.9 Å². The lowest BCUT2D eigenvalue weighted by Crippen LogP contribution is -2.07. The fourth-order valence-electron chi connectivity index (χ4n) is 1.32. The second kappa shape index (κ2) is 4.73. The lowest BCUT2D eigenvalue weighted by molar-refractivity contribution is -0.131. The van der Waals surface area contributed by atoms with Gasteiger partial charge in [0.2, 0.25) is 0 Å². The summed E-state index contributed by atoms with van der Waals surface area (Å²) in [6.07, 6.45) is 1.31. The highest BCUT2D eigenvalue weighted by molar-refractivity contribution is 6.00. The molecule has 0 aliphatic carbocycles. The SMILES string of the molecule is CC(=O)c1c(N)cc(F)c(/C=C/C(=O)O)c1F. The Balaban J connectivity index is 3.46. The first-order valence-corrected chi connectivity index (χ1v) is 4.54. The van der Waals surface area contributed by atoms with Gasteiger partial charge in [-0.15, -0.1) is 0 Å². The standard InChI is InChI=1S/C11H9F2NO3/c1-5(15)10-8(14)4-7(12)6(11(10)13)2-3-9(16)17/h2-4H,14H2,1H3,(H,16,17)/b3-2+. The van der Waals surface area contributed by atoms with E-state index in [9.17, 15) is 18.4 Å². The van der Waals surface area contributed by atoms with Gasteiger partial charge in [-0.3, -0.25) is 4.79 Å². The number of rotatable bonds is 3. The molecule has 0 bridgehead atoms. The Morgan fingerprint density at radius 2 is 2.00 bits per heavy atom. The predicted octanol–water partition coefficient (Wildman–Crippen LogP) is 1.85. The quantitative estimate of drug-likeness (QED) is 0.480. The number of hydrogen-bond acceptors (Lipinski definition) is 3. The fourth-order valence-corrected chi connectivity index (χ4v) is 1.32. The number of halogens is 2. The number of ketones is 1. The van der Waals surface area contributed by atoms with Gasteiger partial charge in [0.05, 0.1) is 5.56 Å². The Morgan fingerprint density at radius 1 is 1.41 bits per heavy atom. The maximum absolute atomic E-state index is 13.7. The summed E-state index contributed by atoms with van der Waals surface area (Å²) in [4.78, 5) is 21.4. The number of nitrogen functional groups attached to an aromatic ring is 1. The van der Waals surface area contributed by atoms with Gasteiger partial charge in [-0.25, -0.2) is 13.6 Å². The lowest BCUT2D eigenvalue weighted by Gasteiger charge is -2.07. The number of carbonyl (C=O) groups excluding carboxylic acids is 1. The summed E-state index contributed by atoms with van der Waals surface area (Å²) in [5.41, 5.74) is 3.93. The fraction of sp³-hybridized carbons (Fsp3) is 0.0909. The largest absolute Gasteiger partial charge is 0.478 e. The van der Waals surface area contributed by atoms with Gasteiger partial charge >= 0.3 is 5.97 Å². The number of benzene rings is 1. The van der Waals surface area contributed by atoms with Crippen LogP contribution in [0, 0.1) is 11.6 Å². The summed E-state index contributed by atoms with van der Waals surface area (Å²) >= 11 is 0. The van der Waals surface area contributed by atoms with E-state index in [-0.39, 0.29) is 5.69 Å². The zero-order valence-corrected chi connectivity index (χ0v) is 8.83. The maximum atomic E-state index is 13.7. The summed E-state index contributed by atoms with van der Waals surface area (Å²) in [5.74, 6) is -4.20. The van der Waals surface area contributed by atoms with E-state index in [0.29, 0.717) is 6.08 Å². The zero-order valence-electron chi connectivity index (χ0n) is 8.83. The Kier molecular flexibility index (Phi) is 3.57. The van der Waals surface area contributed by atoms with Gasteiger partial charge in [-0.1, -0.05) is 0 Å². The third-order valence-corrected chi connectivity index (χ3v) is 2.03. The van der Waals surface area contributed by atoms with Crippen LogP contribution < -0.4 is 5.73 Å². The molecule has 4 nitrogen and oxygen atoms in total. The molecule has 1 rings (SSSR count). The topological polar surface area (TPSA) is 80.4 Å². The maximum Gasteiger partial charge on any atom is 0.328 e. The van der Waals surface area contributed by atoms with Crippen molar-refractivity contribution in [2.75, 3.05) is 5.73 Å². The minimum atomic E-state index is -1.36. The van der Waals surface area contributed by atoms with Crippen LogP contribution >= 0.6 is 0 Å². The number of nitrogens with two attached hydrogens (primary N) is 1. The number of anilines is 1. The normalized spacial score (nSPS) is 10.8. The smallest absolute Gasteiger partial charge is 0.328 e. The van der Waals surface area contributed by atoms with Gasteiger partial charge in [0.15, 0.2) is 5.78 Å². The van der Waals surface area contributed by atoms with Gasteiger partial charge in [-0.05, 0) is 19.1 Å². The van der Waals surface area contributed by atoms with Crippen LogP contribution in [0.15, 0.2) is 12.1 Å². The number of carbonyl (C=O) groups is 2. The highest BCUT2D eigenvalue weighted by Gasteiger charge is 2.18. The zero-order chi connectivity index (χ0) is 13.2. The molecule has 0 saturated heterocycles. The van der Waals surface area contributed by atoms with Crippen LogP contribution in [-0.2, 0) is 4.79 Å². The first kappa shape index (κ1) is 12.8. The van der Waals surface area contributed by atoms with Crippen LogP contribution in [0.2, 0.25) is 0 Å². The van der Waals surface area contributed by atoms with E-state index in [1.165, 1.54) is 0 Å². The molecule has 0 unspecified atom stereocenters. The molecular weight excluding hydrogens is 232 g/mol. The first-order valence-electron chi connectivity index (χ1n) is 4.54. The summed E-state index contributed by atoms with van der Waals surface area (Å²) in [7, 11) is 0. The van der Waals surface area contributed by atoms with Crippen LogP contribution in [0.3, 0.4) is 0 Å². The monoisotopic (exact) mass is 241 g/mol. The molecule has 0 fully saturated rings. The Labute approximate surface area is 95.4 Å². The Hall–Kier alpha value is -2.24. The minimum absolute atomic E-state index is 0.319. The molecule has 0 aromatic heterocycles. The second-order valence-electron chi connectivity index (χ2n) is 3.28. The molecule has 3 N–H and O–H groups in total. The van der Waals surface area contributed by atoms with E-state index in [1.54, 1.807) is 0 Å². The van der Waals surface area contributed by atoms with Gasteiger partial charge in [0, 0.05) is 17.3 Å². The molecule has 17 heavy (non-hydrogen) atoms. The number of carboxylic acids is 1. The van der Waals surface area contributed by atoms with Crippen LogP contribution in [0.1, 0.15) is 22.8 Å². The molecule has 0 aliphatic rings. The van der Waals surface area contributed by atoms with Crippen molar-refractivity contribution in [1.82, 2.24) is 0 Å². The molecule has 0 heterocycles. The molecule has 0 saturated carbocycles. The Morgan fingerprint density at radius 3 is 2.47 bits per heavy atom. The number of carboxylic acid groups (broad SMARTS) is 1. The van der Waals surface area contributed by atoms with Gasteiger partial charge in [0.25, 0.3) is 0 Å². The van der Waals surface area contributed by atoms with Crippen molar-refractivity contribution in [1.29, 1.82) is 0 Å². The first-order chi connectivity index (χ1) is 7.84. The Bertz CT molecular complexity index is 524. The van der Waals surface area contributed by atoms with E-state index in [2.05, 4.69) is 0 Å². The van der Waals surface area contributed by atoms with Crippen molar-refractivity contribution in [3.63, 3.8) is 0 Å². The molecule has 1 aromatic rings. The summed E-state index contributed by atoms with van der Waals surface area (Å²) in [5, 5.41) is 8.37. The average Bonchev–Trinajstić information content (AvgIpc) is 2.14. The third kappa shape index (κ3) is 2.66. The van der Waals surface area contributed by atoms with Gasteiger partial charge < -0.3 is 10.8 Å². The third-order valence-electron chi connectivity index (χ3n) is 2.03. The minimum Gasteiger partial charge on any atom is -0.478 e. The predicted molar refractivity (Wildman–Crippen MR) is 57.4 cm³/mol. The van der Waals surface area contributed by atoms with Crippen LogP contribution in [0.25, 0.3) is 6.08 Å². The van der Waals surface area contributed by atoms with Crippen molar-refractivity contribution < 1.29 is 23.5 Å². The molecule has 0 spiro atoms. The molecule has 0 atom stereocenters. The molecule has 0 radical (unpaired) electrons. The van der Waals surface area contributed by atoms with Crippen molar-refractivity contribution in [3.8, 4) is 0 Å². The van der Waals surface area contributed by atoms with Crippen LogP contribution in [0.5, 0.6) is 0 Å². The number of aliphatic carboxylic acids is 1. The van der Waals surface area contributed by atoms with E-state index < -0.39 is 34.5 Å². The molecular formula is C11H9F2NO3. The van der Waals surface area contributed by atoms with E-state index in [1.807, 2.05) is 0 Å². The summed E-state index contributed by atoms with van der Waals surface area (Å²) < 4.78 is 27.0. The molecule has 0 aliphatic heterocycles. The number of hydrogen-bond donors (Lipinski definition) is 2. The van der Waals surface area contributed by atoms with Crippen LogP contribution in [0.4, 0.5) is 14.5 Å².